The number of hydrogen-bond acceptors (Lipinski definition) is 3. The summed E-state index contributed by atoms with van der Waals surface area (Å²) in [4.78, 5) is 15.0. The Balaban J connectivity index is 2.44. The van der Waals surface area contributed by atoms with Crippen molar-refractivity contribution in [2.24, 2.45) is 5.73 Å². The highest BCUT2D eigenvalue weighted by atomic mass is 35.5. The second kappa shape index (κ2) is 5.41. The van der Waals surface area contributed by atoms with Gasteiger partial charge in [-0.25, -0.2) is 9.78 Å². The minimum absolute atomic E-state index is 0.328. The van der Waals surface area contributed by atoms with Gasteiger partial charge in [0.2, 0.25) is 0 Å². The third-order valence-corrected chi connectivity index (χ3v) is 1.62. The van der Waals surface area contributed by atoms with Crippen molar-refractivity contribution in [1.82, 2.24) is 10.3 Å². The number of hydrogen-bond donors (Lipinski definition) is 3. The van der Waals surface area contributed by atoms with Crippen molar-refractivity contribution >= 4 is 23.4 Å². The van der Waals surface area contributed by atoms with Crippen molar-refractivity contribution in [3.05, 3.63) is 23.4 Å². The minimum atomic E-state index is -0.328. The van der Waals surface area contributed by atoms with Gasteiger partial charge in [-0.1, -0.05) is 11.6 Å². The predicted molar refractivity (Wildman–Crippen MR) is 55.3 cm³/mol. The Morgan fingerprint density at radius 1 is 1.57 bits per heavy atom. The average Bonchev–Trinajstić information content (AvgIpc) is 2.18. The maximum atomic E-state index is 11.1. The number of urea groups is 1. The highest BCUT2D eigenvalue weighted by Gasteiger charge is 2.00. The van der Waals surface area contributed by atoms with E-state index in [-0.39, 0.29) is 6.03 Å². The van der Waals surface area contributed by atoms with E-state index < -0.39 is 0 Å². The van der Waals surface area contributed by atoms with E-state index in [1.807, 2.05) is 0 Å². The van der Waals surface area contributed by atoms with Crippen LogP contribution < -0.4 is 16.4 Å². The molecule has 0 saturated carbocycles. The lowest BCUT2D eigenvalue weighted by Crippen LogP contribution is -2.33. The van der Waals surface area contributed by atoms with E-state index in [0.717, 1.165) is 0 Å². The number of aromatic nitrogens is 1. The van der Waals surface area contributed by atoms with Gasteiger partial charge in [0.1, 0.15) is 5.82 Å². The van der Waals surface area contributed by atoms with Gasteiger partial charge in [-0.2, -0.15) is 0 Å². The number of nitrogens with zero attached hydrogens (tertiary/aromatic N) is 1. The molecule has 0 bridgehead atoms. The fourth-order valence-electron chi connectivity index (χ4n) is 0.796. The molecule has 0 aliphatic carbocycles. The molecule has 1 aromatic heterocycles. The summed E-state index contributed by atoms with van der Waals surface area (Å²) in [6.07, 6.45) is 1.46. The van der Waals surface area contributed by atoms with E-state index in [0.29, 0.717) is 23.9 Å². The molecular formula is C8H11ClN4O. The Hall–Kier alpha value is -1.33. The highest BCUT2D eigenvalue weighted by Crippen LogP contribution is 2.08. The lowest BCUT2D eigenvalue weighted by Gasteiger charge is -2.05. The summed E-state index contributed by atoms with van der Waals surface area (Å²) in [7, 11) is 0. The fourth-order valence-corrected chi connectivity index (χ4v) is 0.908. The molecular weight excluding hydrogens is 204 g/mol. The van der Waals surface area contributed by atoms with Crippen molar-refractivity contribution in [3.8, 4) is 0 Å². The Morgan fingerprint density at radius 2 is 2.36 bits per heavy atom. The molecule has 0 unspecified atom stereocenters. The van der Waals surface area contributed by atoms with Crippen LogP contribution in [0.2, 0.25) is 5.02 Å². The van der Waals surface area contributed by atoms with Crippen molar-refractivity contribution in [2.45, 2.75) is 0 Å². The van der Waals surface area contributed by atoms with Crippen LogP contribution in [-0.4, -0.2) is 24.1 Å². The smallest absolute Gasteiger partial charge is 0.320 e. The standard InChI is InChI=1S/C8H11ClN4O/c9-6-1-2-7(12-5-6)13-8(14)11-4-3-10/h1-2,5H,3-4,10H2,(H2,11,12,13,14). The molecule has 0 aliphatic heterocycles. The molecule has 6 heteroatoms. The van der Waals surface area contributed by atoms with E-state index in [1.165, 1.54) is 6.20 Å². The van der Waals surface area contributed by atoms with Gasteiger partial charge in [0.05, 0.1) is 5.02 Å². The first-order valence-corrected chi connectivity index (χ1v) is 4.46. The number of carbonyl (C=O) groups excluding carboxylic acids is 1. The van der Waals surface area contributed by atoms with Crippen LogP contribution in [0.15, 0.2) is 18.3 Å². The van der Waals surface area contributed by atoms with Crippen molar-refractivity contribution in [2.75, 3.05) is 18.4 Å². The first kappa shape index (κ1) is 10.7. The Labute approximate surface area is 86.7 Å². The second-order valence-electron chi connectivity index (χ2n) is 2.53. The Morgan fingerprint density at radius 3 is 2.93 bits per heavy atom. The summed E-state index contributed by atoms with van der Waals surface area (Å²) in [6.45, 7) is 0.834. The second-order valence-corrected chi connectivity index (χ2v) is 2.97. The highest BCUT2D eigenvalue weighted by molar-refractivity contribution is 6.30. The van der Waals surface area contributed by atoms with Gasteiger partial charge < -0.3 is 11.1 Å². The Kier molecular flexibility index (Phi) is 4.15. The van der Waals surface area contributed by atoms with E-state index in [2.05, 4.69) is 15.6 Å². The van der Waals surface area contributed by atoms with Crippen LogP contribution in [0.5, 0.6) is 0 Å². The minimum Gasteiger partial charge on any atom is -0.337 e. The molecule has 1 rings (SSSR count). The maximum absolute atomic E-state index is 11.1. The Bertz CT molecular complexity index is 301. The van der Waals surface area contributed by atoms with Gasteiger partial charge >= 0.3 is 6.03 Å². The van der Waals surface area contributed by atoms with Crippen LogP contribution in [0, 0.1) is 0 Å². The van der Waals surface area contributed by atoms with Crippen molar-refractivity contribution in [1.29, 1.82) is 0 Å². The van der Waals surface area contributed by atoms with E-state index in [4.69, 9.17) is 17.3 Å². The molecule has 1 heterocycles. The van der Waals surface area contributed by atoms with E-state index in [9.17, 15) is 4.79 Å². The summed E-state index contributed by atoms with van der Waals surface area (Å²) in [6, 6.07) is 2.93. The normalized spacial score (nSPS) is 9.57. The molecule has 14 heavy (non-hydrogen) atoms. The lowest BCUT2D eigenvalue weighted by atomic mass is 10.4. The molecule has 4 N–H and O–H groups in total. The van der Waals surface area contributed by atoms with Crippen LogP contribution in [0.1, 0.15) is 0 Å². The number of rotatable bonds is 3. The maximum Gasteiger partial charge on any atom is 0.320 e. The number of nitrogens with one attached hydrogen (secondary N) is 2. The molecule has 0 aromatic carbocycles. The van der Waals surface area contributed by atoms with Crippen LogP contribution in [0.3, 0.4) is 0 Å². The van der Waals surface area contributed by atoms with Crippen molar-refractivity contribution < 1.29 is 4.79 Å². The molecule has 5 nitrogen and oxygen atoms in total. The third-order valence-electron chi connectivity index (χ3n) is 1.40. The summed E-state index contributed by atoms with van der Waals surface area (Å²) in [5.41, 5.74) is 5.21. The predicted octanol–water partition coefficient (Wildman–Crippen LogP) is 0.815. The quantitative estimate of drug-likeness (QED) is 0.697. The summed E-state index contributed by atoms with van der Waals surface area (Å²) < 4.78 is 0. The molecule has 0 aliphatic rings. The van der Waals surface area contributed by atoms with E-state index in [1.54, 1.807) is 12.1 Å². The molecule has 0 saturated heterocycles. The first-order valence-electron chi connectivity index (χ1n) is 4.09. The largest absolute Gasteiger partial charge is 0.337 e. The monoisotopic (exact) mass is 214 g/mol. The summed E-state index contributed by atoms with van der Waals surface area (Å²) in [5, 5.41) is 5.60. The molecule has 0 fully saturated rings. The van der Waals surface area contributed by atoms with Gasteiger partial charge in [-0.05, 0) is 12.1 Å². The number of halogens is 1. The number of carbonyl (C=O) groups is 1. The van der Waals surface area contributed by atoms with Crippen LogP contribution in [-0.2, 0) is 0 Å². The zero-order valence-corrected chi connectivity index (χ0v) is 8.21. The molecule has 0 atom stereocenters. The summed E-state index contributed by atoms with van der Waals surface area (Å²) >= 11 is 5.62. The average molecular weight is 215 g/mol. The van der Waals surface area contributed by atoms with Gasteiger partial charge in [0.25, 0.3) is 0 Å². The zero-order valence-electron chi connectivity index (χ0n) is 7.46. The summed E-state index contributed by atoms with van der Waals surface area (Å²) in [5.74, 6) is 0.448. The molecule has 1 aromatic rings. The molecule has 0 radical (unpaired) electrons. The topological polar surface area (TPSA) is 80.0 Å². The van der Waals surface area contributed by atoms with Gasteiger partial charge in [0, 0.05) is 19.3 Å². The SMILES string of the molecule is NCCNC(=O)Nc1ccc(Cl)cn1. The van der Waals surface area contributed by atoms with Crippen molar-refractivity contribution in [3.63, 3.8) is 0 Å². The third kappa shape index (κ3) is 3.59. The van der Waals surface area contributed by atoms with Gasteiger partial charge in [0.15, 0.2) is 0 Å². The zero-order chi connectivity index (χ0) is 10.4. The number of anilines is 1. The number of amides is 2. The van der Waals surface area contributed by atoms with Gasteiger partial charge in [-0.3, -0.25) is 5.32 Å². The van der Waals surface area contributed by atoms with Gasteiger partial charge in [-0.15, -0.1) is 0 Å². The first-order chi connectivity index (χ1) is 6.72. The number of pyridine rings is 1. The fraction of sp³-hybridized carbons (Fsp3) is 0.250. The van der Waals surface area contributed by atoms with E-state index >= 15 is 0 Å². The number of nitrogens with two attached hydrogens (primary N) is 1. The molecule has 76 valence electrons. The van der Waals surface area contributed by atoms with Crippen LogP contribution >= 0.6 is 11.6 Å². The lowest BCUT2D eigenvalue weighted by molar-refractivity contribution is 0.252. The molecule has 0 spiro atoms. The van der Waals surface area contributed by atoms with Crippen LogP contribution in [0.4, 0.5) is 10.6 Å². The van der Waals surface area contributed by atoms with Crippen LogP contribution in [0.25, 0.3) is 0 Å². The molecule has 2 amide bonds.